The molecule has 0 unspecified atom stereocenters. The van der Waals surface area contributed by atoms with Crippen molar-refractivity contribution in [2.24, 2.45) is 5.92 Å². The van der Waals surface area contributed by atoms with Crippen molar-refractivity contribution in [3.63, 3.8) is 0 Å². The van der Waals surface area contributed by atoms with Gasteiger partial charge in [0.2, 0.25) is 0 Å². The second kappa shape index (κ2) is 4.84. The van der Waals surface area contributed by atoms with Gasteiger partial charge in [0, 0.05) is 26.8 Å². The van der Waals surface area contributed by atoms with Crippen molar-refractivity contribution in [3.8, 4) is 0 Å². The molecule has 0 aliphatic carbocycles. The van der Waals surface area contributed by atoms with Gasteiger partial charge < -0.3 is 10.2 Å². The molecule has 0 aliphatic heterocycles. The van der Waals surface area contributed by atoms with Crippen LogP contribution in [0.2, 0.25) is 0 Å². The Morgan fingerprint density at radius 2 is 2.14 bits per heavy atom. The van der Waals surface area contributed by atoms with Gasteiger partial charge in [-0.2, -0.15) is 0 Å². The molecule has 0 atom stereocenters. The third kappa shape index (κ3) is 2.91. The van der Waals surface area contributed by atoms with Gasteiger partial charge in [0.25, 0.3) is 0 Å². The quantitative estimate of drug-likeness (QED) is 0.794. The summed E-state index contributed by atoms with van der Waals surface area (Å²) in [6.07, 6.45) is 1.82. The maximum atomic E-state index is 4.32. The van der Waals surface area contributed by atoms with Crippen LogP contribution in [0.15, 0.2) is 18.3 Å². The molecule has 14 heavy (non-hydrogen) atoms. The van der Waals surface area contributed by atoms with Gasteiger partial charge in [-0.1, -0.05) is 13.8 Å². The van der Waals surface area contributed by atoms with Gasteiger partial charge in [-0.05, 0) is 18.1 Å². The Bertz CT molecular complexity index is 282. The second-order valence-electron chi connectivity index (χ2n) is 4.04. The standard InChI is InChI=1S/C11H19N3/c1-9(2)8-13-10-6-5-7-12-11(10)14(3)4/h5-7,9,13H,8H2,1-4H3. The third-order valence-electron chi connectivity index (χ3n) is 1.91. The first-order valence-corrected chi connectivity index (χ1v) is 4.97. The number of pyridine rings is 1. The summed E-state index contributed by atoms with van der Waals surface area (Å²) in [4.78, 5) is 6.34. The molecule has 0 spiro atoms. The zero-order chi connectivity index (χ0) is 10.6. The minimum Gasteiger partial charge on any atom is -0.382 e. The first-order chi connectivity index (χ1) is 6.61. The van der Waals surface area contributed by atoms with Crippen molar-refractivity contribution < 1.29 is 0 Å². The van der Waals surface area contributed by atoms with Gasteiger partial charge in [0.05, 0.1) is 5.69 Å². The van der Waals surface area contributed by atoms with E-state index in [4.69, 9.17) is 0 Å². The number of hydrogen-bond donors (Lipinski definition) is 1. The van der Waals surface area contributed by atoms with Crippen molar-refractivity contribution in [1.82, 2.24) is 4.98 Å². The maximum Gasteiger partial charge on any atom is 0.151 e. The molecule has 0 aliphatic rings. The highest BCUT2D eigenvalue weighted by Crippen LogP contribution is 2.20. The third-order valence-corrected chi connectivity index (χ3v) is 1.91. The van der Waals surface area contributed by atoms with Gasteiger partial charge in [-0.25, -0.2) is 4.98 Å². The fraction of sp³-hybridized carbons (Fsp3) is 0.545. The van der Waals surface area contributed by atoms with Gasteiger partial charge >= 0.3 is 0 Å². The number of nitrogens with zero attached hydrogens (tertiary/aromatic N) is 2. The zero-order valence-corrected chi connectivity index (χ0v) is 9.41. The fourth-order valence-corrected chi connectivity index (χ4v) is 1.21. The number of anilines is 2. The Labute approximate surface area is 86.2 Å². The van der Waals surface area contributed by atoms with Gasteiger partial charge in [-0.3, -0.25) is 0 Å². The molecule has 0 fully saturated rings. The van der Waals surface area contributed by atoms with E-state index in [0.29, 0.717) is 5.92 Å². The summed E-state index contributed by atoms with van der Waals surface area (Å²) in [5.41, 5.74) is 1.10. The zero-order valence-electron chi connectivity index (χ0n) is 9.41. The molecule has 0 saturated heterocycles. The molecule has 1 aromatic heterocycles. The van der Waals surface area contributed by atoms with Gasteiger partial charge in [0.15, 0.2) is 5.82 Å². The molecule has 1 heterocycles. The van der Waals surface area contributed by atoms with E-state index in [2.05, 4.69) is 30.2 Å². The highest BCUT2D eigenvalue weighted by molar-refractivity contribution is 5.64. The van der Waals surface area contributed by atoms with Crippen LogP contribution in [0.4, 0.5) is 11.5 Å². The highest BCUT2D eigenvalue weighted by Gasteiger charge is 2.04. The smallest absolute Gasteiger partial charge is 0.151 e. The van der Waals surface area contributed by atoms with Gasteiger partial charge in [0.1, 0.15) is 0 Å². The largest absolute Gasteiger partial charge is 0.382 e. The molecule has 1 aromatic rings. The van der Waals surface area contributed by atoms with E-state index in [9.17, 15) is 0 Å². The van der Waals surface area contributed by atoms with E-state index in [1.165, 1.54) is 0 Å². The molecule has 1 N–H and O–H groups in total. The summed E-state index contributed by atoms with van der Waals surface area (Å²) < 4.78 is 0. The van der Waals surface area contributed by atoms with E-state index in [-0.39, 0.29) is 0 Å². The van der Waals surface area contributed by atoms with Crippen LogP contribution in [0.5, 0.6) is 0 Å². The van der Waals surface area contributed by atoms with Crippen LogP contribution in [0.1, 0.15) is 13.8 Å². The molecule has 1 rings (SSSR count). The summed E-state index contributed by atoms with van der Waals surface area (Å²) >= 11 is 0. The monoisotopic (exact) mass is 193 g/mol. The predicted octanol–water partition coefficient (Wildman–Crippen LogP) is 2.22. The normalized spacial score (nSPS) is 10.4. The molecule has 0 radical (unpaired) electrons. The van der Waals surface area contributed by atoms with Crippen LogP contribution in [-0.2, 0) is 0 Å². The lowest BCUT2D eigenvalue weighted by atomic mass is 10.2. The van der Waals surface area contributed by atoms with Crippen LogP contribution in [0.25, 0.3) is 0 Å². The number of hydrogen-bond acceptors (Lipinski definition) is 3. The fourth-order valence-electron chi connectivity index (χ4n) is 1.21. The number of rotatable bonds is 4. The van der Waals surface area contributed by atoms with Crippen molar-refractivity contribution in [2.45, 2.75) is 13.8 Å². The molecular weight excluding hydrogens is 174 g/mol. The van der Waals surface area contributed by atoms with Crippen LogP contribution >= 0.6 is 0 Å². The predicted molar refractivity (Wildman–Crippen MR) is 61.9 cm³/mol. The summed E-state index contributed by atoms with van der Waals surface area (Å²) in [6, 6.07) is 4.01. The van der Waals surface area contributed by atoms with Crippen molar-refractivity contribution >= 4 is 11.5 Å². The Morgan fingerprint density at radius 1 is 1.43 bits per heavy atom. The van der Waals surface area contributed by atoms with Crippen LogP contribution < -0.4 is 10.2 Å². The second-order valence-corrected chi connectivity index (χ2v) is 4.04. The molecular formula is C11H19N3. The average Bonchev–Trinajstić information content (AvgIpc) is 2.15. The van der Waals surface area contributed by atoms with Crippen molar-refractivity contribution in [1.29, 1.82) is 0 Å². The number of nitrogens with one attached hydrogen (secondary N) is 1. The average molecular weight is 193 g/mol. The summed E-state index contributed by atoms with van der Waals surface area (Å²) in [5, 5.41) is 3.39. The first kappa shape index (κ1) is 10.8. The molecule has 0 amide bonds. The van der Waals surface area contributed by atoms with E-state index in [0.717, 1.165) is 18.1 Å². The minimum atomic E-state index is 0.644. The van der Waals surface area contributed by atoms with Crippen molar-refractivity contribution in [2.75, 3.05) is 30.9 Å². The van der Waals surface area contributed by atoms with Crippen LogP contribution in [0, 0.1) is 5.92 Å². The lowest BCUT2D eigenvalue weighted by molar-refractivity contribution is 0.688. The molecule has 0 aromatic carbocycles. The van der Waals surface area contributed by atoms with E-state index >= 15 is 0 Å². The van der Waals surface area contributed by atoms with E-state index < -0.39 is 0 Å². The SMILES string of the molecule is CC(C)CNc1cccnc1N(C)C. The lowest BCUT2D eigenvalue weighted by Crippen LogP contribution is -2.15. The topological polar surface area (TPSA) is 28.2 Å². The maximum absolute atomic E-state index is 4.32. The van der Waals surface area contributed by atoms with Crippen molar-refractivity contribution in [3.05, 3.63) is 18.3 Å². The summed E-state index contributed by atoms with van der Waals surface area (Å²) in [7, 11) is 4.01. The Morgan fingerprint density at radius 3 is 2.71 bits per heavy atom. The van der Waals surface area contributed by atoms with Crippen LogP contribution in [-0.4, -0.2) is 25.6 Å². The Balaban J connectivity index is 2.74. The van der Waals surface area contributed by atoms with Crippen LogP contribution in [0.3, 0.4) is 0 Å². The number of aromatic nitrogens is 1. The summed E-state index contributed by atoms with van der Waals surface area (Å²) in [5.74, 6) is 1.64. The minimum absolute atomic E-state index is 0.644. The molecule has 78 valence electrons. The molecule has 0 bridgehead atoms. The highest BCUT2D eigenvalue weighted by atomic mass is 15.2. The summed E-state index contributed by atoms with van der Waals surface area (Å²) in [6.45, 7) is 5.37. The Hall–Kier alpha value is -1.25. The van der Waals surface area contributed by atoms with Gasteiger partial charge in [-0.15, -0.1) is 0 Å². The molecule has 0 saturated carbocycles. The first-order valence-electron chi connectivity index (χ1n) is 4.97. The van der Waals surface area contributed by atoms with E-state index in [1.54, 1.807) is 0 Å². The molecule has 3 nitrogen and oxygen atoms in total. The lowest BCUT2D eigenvalue weighted by Gasteiger charge is -2.17. The molecule has 3 heteroatoms. The van der Waals surface area contributed by atoms with E-state index in [1.807, 2.05) is 31.3 Å². The Kier molecular flexibility index (Phi) is 3.74.